The molecule has 0 fully saturated rings. The van der Waals surface area contributed by atoms with E-state index >= 15 is 0 Å². The number of nitrogens with zero attached hydrogens (tertiary/aromatic N) is 1. The van der Waals surface area contributed by atoms with Crippen LogP contribution in [-0.4, -0.2) is 20.4 Å². The lowest BCUT2D eigenvalue weighted by Crippen LogP contribution is -2.28. The third-order valence-electron chi connectivity index (χ3n) is 3.74. The Bertz CT molecular complexity index is 642. The number of rotatable bonds is 4. The summed E-state index contributed by atoms with van der Waals surface area (Å²) < 4.78 is 10.7. The van der Waals surface area contributed by atoms with Gasteiger partial charge in [-0.2, -0.15) is 0 Å². The third-order valence-corrected chi connectivity index (χ3v) is 3.74. The van der Waals surface area contributed by atoms with E-state index in [1.165, 1.54) is 11.3 Å². The number of fused-ring (bicyclic) bond motifs is 1. The van der Waals surface area contributed by atoms with Gasteiger partial charge in [-0.1, -0.05) is 18.2 Å². The van der Waals surface area contributed by atoms with E-state index in [0.717, 1.165) is 23.6 Å². The van der Waals surface area contributed by atoms with E-state index in [2.05, 4.69) is 43.1 Å². The molecule has 0 aliphatic carbocycles. The fourth-order valence-corrected chi connectivity index (χ4v) is 2.52. The molecule has 2 aromatic carbocycles. The van der Waals surface area contributed by atoms with Gasteiger partial charge in [0.1, 0.15) is 0 Å². The second kappa shape index (κ2) is 5.66. The molecule has 0 bridgehead atoms. The fraction of sp³-hybridized carbons (Fsp3) is 0.294. The van der Waals surface area contributed by atoms with Gasteiger partial charge >= 0.3 is 0 Å². The van der Waals surface area contributed by atoms with Crippen LogP contribution in [0.3, 0.4) is 0 Å². The van der Waals surface area contributed by atoms with Crippen LogP contribution in [0.15, 0.2) is 42.5 Å². The average Bonchev–Trinajstić information content (AvgIpc) is 2.94. The molecule has 1 atom stereocenters. The van der Waals surface area contributed by atoms with Gasteiger partial charge in [-0.3, -0.25) is 0 Å². The second-order valence-corrected chi connectivity index (χ2v) is 5.44. The minimum Gasteiger partial charge on any atom is -0.454 e. The number of anilines is 1. The second-order valence-electron chi connectivity index (χ2n) is 5.44. The van der Waals surface area contributed by atoms with Gasteiger partial charge in [0.15, 0.2) is 11.5 Å². The first-order valence-electron chi connectivity index (χ1n) is 7.06. The Morgan fingerprint density at radius 2 is 1.95 bits per heavy atom. The molecule has 0 spiro atoms. The van der Waals surface area contributed by atoms with Crippen LogP contribution in [0.1, 0.15) is 17.2 Å². The van der Waals surface area contributed by atoms with Crippen LogP contribution in [0.5, 0.6) is 11.5 Å². The fourth-order valence-electron chi connectivity index (χ4n) is 2.52. The number of hydrogen-bond donors (Lipinski definition) is 1. The standard InChI is InChI=1S/C17H20N2O2/c1-12-4-3-5-14(8-12)19(2)10-15(18)13-6-7-16-17(9-13)21-11-20-16/h3-9,15H,10-11,18H2,1-2H3. The summed E-state index contributed by atoms with van der Waals surface area (Å²) in [6.45, 7) is 3.12. The molecule has 0 radical (unpaired) electrons. The van der Waals surface area contributed by atoms with Crippen LogP contribution < -0.4 is 20.1 Å². The first-order valence-corrected chi connectivity index (χ1v) is 7.06. The number of aryl methyl sites for hydroxylation is 1. The van der Waals surface area contributed by atoms with Crippen molar-refractivity contribution < 1.29 is 9.47 Å². The molecular weight excluding hydrogens is 264 g/mol. The molecule has 110 valence electrons. The highest BCUT2D eigenvalue weighted by Crippen LogP contribution is 2.34. The van der Waals surface area contributed by atoms with E-state index in [1.807, 2.05) is 18.2 Å². The van der Waals surface area contributed by atoms with Crippen molar-refractivity contribution >= 4 is 5.69 Å². The SMILES string of the molecule is Cc1cccc(N(C)CC(N)c2ccc3c(c2)OCO3)c1. The van der Waals surface area contributed by atoms with Crippen molar-refractivity contribution in [3.05, 3.63) is 53.6 Å². The van der Waals surface area contributed by atoms with E-state index in [4.69, 9.17) is 15.2 Å². The van der Waals surface area contributed by atoms with Crippen molar-refractivity contribution in [2.45, 2.75) is 13.0 Å². The molecule has 1 aliphatic rings. The predicted octanol–water partition coefficient (Wildman–Crippen LogP) is 2.86. The largest absolute Gasteiger partial charge is 0.454 e. The van der Waals surface area contributed by atoms with Crippen molar-refractivity contribution in [2.24, 2.45) is 5.73 Å². The molecule has 0 amide bonds. The quantitative estimate of drug-likeness (QED) is 0.938. The van der Waals surface area contributed by atoms with Gasteiger partial charge in [0.25, 0.3) is 0 Å². The molecule has 1 heterocycles. The summed E-state index contributed by atoms with van der Waals surface area (Å²) in [6, 6.07) is 14.2. The van der Waals surface area contributed by atoms with Crippen molar-refractivity contribution in [2.75, 3.05) is 25.3 Å². The number of nitrogens with two attached hydrogens (primary N) is 1. The molecule has 3 rings (SSSR count). The molecule has 0 aromatic heterocycles. The van der Waals surface area contributed by atoms with Gasteiger partial charge in [0.05, 0.1) is 0 Å². The molecule has 2 N–H and O–H groups in total. The minimum absolute atomic E-state index is 0.0787. The van der Waals surface area contributed by atoms with Crippen LogP contribution in [0, 0.1) is 6.92 Å². The first kappa shape index (κ1) is 13.8. The predicted molar refractivity (Wildman–Crippen MR) is 83.9 cm³/mol. The van der Waals surface area contributed by atoms with Gasteiger partial charge in [-0.25, -0.2) is 0 Å². The average molecular weight is 284 g/mol. The van der Waals surface area contributed by atoms with Crippen LogP contribution in [-0.2, 0) is 0 Å². The monoisotopic (exact) mass is 284 g/mol. The zero-order chi connectivity index (χ0) is 14.8. The molecule has 4 heteroatoms. The maximum atomic E-state index is 6.33. The van der Waals surface area contributed by atoms with Crippen LogP contribution in [0.25, 0.3) is 0 Å². The summed E-state index contributed by atoms with van der Waals surface area (Å²) >= 11 is 0. The Morgan fingerprint density at radius 1 is 1.14 bits per heavy atom. The Kier molecular flexibility index (Phi) is 3.71. The zero-order valence-corrected chi connectivity index (χ0v) is 12.4. The molecule has 2 aromatic rings. The van der Waals surface area contributed by atoms with E-state index in [9.17, 15) is 0 Å². The lowest BCUT2D eigenvalue weighted by molar-refractivity contribution is 0.174. The Hall–Kier alpha value is -2.20. The first-order chi connectivity index (χ1) is 10.1. The lowest BCUT2D eigenvalue weighted by atomic mass is 10.1. The highest BCUT2D eigenvalue weighted by molar-refractivity contribution is 5.49. The molecular formula is C17H20N2O2. The maximum Gasteiger partial charge on any atom is 0.231 e. The van der Waals surface area contributed by atoms with Crippen LogP contribution >= 0.6 is 0 Å². The zero-order valence-electron chi connectivity index (χ0n) is 12.4. The smallest absolute Gasteiger partial charge is 0.231 e. The highest BCUT2D eigenvalue weighted by atomic mass is 16.7. The van der Waals surface area contributed by atoms with E-state index in [0.29, 0.717) is 0 Å². The summed E-state index contributed by atoms with van der Waals surface area (Å²) in [4.78, 5) is 2.17. The van der Waals surface area contributed by atoms with Gasteiger partial charge in [-0.05, 0) is 42.3 Å². The molecule has 0 saturated carbocycles. The van der Waals surface area contributed by atoms with E-state index < -0.39 is 0 Å². The van der Waals surface area contributed by atoms with E-state index in [1.54, 1.807) is 0 Å². The molecule has 21 heavy (non-hydrogen) atoms. The summed E-state index contributed by atoms with van der Waals surface area (Å²) in [5.74, 6) is 1.57. The lowest BCUT2D eigenvalue weighted by Gasteiger charge is -2.24. The van der Waals surface area contributed by atoms with Gasteiger partial charge in [0.2, 0.25) is 6.79 Å². The highest BCUT2D eigenvalue weighted by Gasteiger charge is 2.17. The topological polar surface area (TPSA) is 47.7 Å². The van der Waals surface area contributed by atoms with Crippen molar-refractivity contribution in [1.82, 2.24) is 0 Å². The van der Waals surface area contributed by atoms with Crippen LogP contribution in [0.4, 0.5) is 5.69 Å². The maximum absolute atomic E-state index is 6.33. The van der Waals surface area contributed by atoms with Crippen LogP contribution in [0.2, 0.25) is 0 Å². The normalized spacial score (nSPS) is 14.0. The van der Waals surface area contributed by atoms with Crippen molar-refractivity contribution in [1.29, 1.82) is 0 Å². The summed E-state index contributed by atoms with van der Waals surface area (Å²) in [5, 5.41) is 0. The molecule has 1 unspecified atom stereocenters. The summed E-state index contributed by atoms with van der Waals surface area (Å²) in [7, 11) is 2.06. The third kappa shape index (κ3) is 2.95. The molecule has 4 nitrogen and oxygen atoms in total. The minimum atomic E-state index is -0.0787. The number of ether oxygens (including phenoxy) is 2. The summed E-state index contributed by atoms with van der Waals surface area (Å²) in [6.07, 6.45) is 0. The van der Waals surface area contributed by atoms with Gasteiger partial charge in [-0.15, -0.1) is 0 Å². The Labute approximate surface area is 125 Å². The van der Waals surface area contributed by atoms with Crippen molar-refractivity contribution in [3.8, 4) is 11.5 Å². The van der Waals surface area contributed by atoms with Crippen molar-refractivity contribution in [3.63, 3.8) is 0 Å². The molecule has 0 saturated heterocycles. The number of hydrogen-bond acceptors (Lipinski definition) is 4. The van der Waals surface area contributed by atoms with Gasteiger partial charge < -0.3 is 20.1 Å². The Balaban J connectivity index is 1.72. The van der Waals surface area contributed by atoms with E-state index in [-0.39, 0.29) is 12.8 Å². The summed E-state index contributed by atoms with van der Waals surface area (Å²) in [5.41, 5.74) is 9.80. The number of likely N-dealkylation sites (N-methyl/N-ethyl adjacent to an activating group) is 1. The molecule has 1 aliphatic heterocycles. The van der Waals surface area contributed by atoms with Gasteiger partial charge in [0, 0.05) is 25.3 Å². The number of benzene rings is 2. The Morgan fingerprint density at radius 3 is 2.76 bits per heavy atom.